The summed E-state index contributed by atoms with van der Waals surface area (Å²) in [6.07, 6.45) is 0.0557. The van der Waals surface area contributed by atoms with Gasteiger partial charge in [-0.15, -0.1) is 0 Å². The second-order valence-corrected chi connectivity index (χ2v) is 11.2. The number of nitriles is 1. The average molecular weight is 643 g/mol. The van der Waals surface area contributed by atoms with Crippen molar-refractivity contribution in [3.63, 3.8) is 0 Å². The highest BCUT2D eigenvalue weighted by Crippen LogP contribution is 2.45. The number of aromatic nitrogens is 3. The van der Waals surface area contributed by atoms with E-state index in [0.717, 1.165) is 22.2 Å². The fourth-order valence-corrected chi connectivity index (χ4v) is 3.71. The summed E-state index contributed by atoms with van der Waals surface area (Å²) in [7, 11) is -13.9. The second kappa shape index (κ2) is 13.1. The number of hydrogen-bond donors (Lipinski definition) is 12. The minimum atomic E-state index is -4.64. The van der Waals surface area contributed by atoms with E-state index in [1.807, 2.05) is 12.3 Å². The van der Waals surface area contributed by atoms with Gasteiger partial charge in [-0.3, -0.25) is 0 Å². The molecule has 12 N–H and O–H groups in total. The molecule has 4 heterocycles. The van der Waals surface area contributed by atoms with Crippen LogP contribution in [-0.4, -0.2) is 87.1 Å². The van der Waals surface area contributed by atoms with Gasteiger partial charge in [0.25, 0.3) is 0 Å². The summed E-state index contributed by atoms with van der Waals surface area (Å²) in [5.74, 6) is 0.632. The molecule has 1 saturated heterocycles. The van der Waals surface area contributed by atoms with E-state index in [1.165, 1.54) is 6.33 Å². The van der Waals surface area contributed by atoms with Gasteiger partial charge in [0.05, 0.1) is 23.1 Å². The highest BCUT2D eigenvalue weighted by Gasteiger charge is 2.42. The van der Waals surface area contributed by atoms with Crippen molar-refractivity contribution in [2.24, 2.45) is 0 Å². The Balaban J connectivity index is 0.000000327. The standard InChI is InChI=1S/C18H15N5O3.3H3O4P/c1-8-14(24)15(25)18(26-8)23-6-11-10-3-2-9(5-19)4-12(10)22-16-13(11)17(23)21-7-20-16;3*1-5(2,3)4/h2-4,6-8,14-15,18,24-25H,1H3,(H,20,21,22);3*(H3,1,2,3,4)/t8-,14-,15-,18-;;;/m1.../s1. The molecule has 0 amide bonds. The summed E-state index contributed by atoms with van der Waals surface area (Å²) >= 11 is 0. The number of phosphoric acid groups is 3. The molecule has 5 rings (SSSR count). The number of ether oxygens (including phenoxy) is 1. The Morgan fingerprint density at radius 3 is 1.90 bits per heavy atom. The number of anilines is 2. The highest BCUT2D eigenvalue weighted by atomic mass is 31.2. The van der Waals surface area contributed by atoms with Crippen molar-refractivity contribution in [1.82, 2.24) is 14.5 Å². The van der Waals surface area contributed by atoms with Gasteiger partial charge in [-0.1, -0.05) is 6.07 Å². The summed E-state index contributed by atoms with van der Waals surface area (Å²) in [4.78, 5) is 73.4. The summed E-state index contributed by atoms with van der Waals surface area (Å²) in [6, 6.07) is 7.54. The zero-order valence-corrected chi connectivity index (χ0v) is 23.1. The first kappa shape index (κ1) is 34.5. The zero-order valence-electron chi connectivity index (χ0n) is 20.4. The van der Waals surface area contributed by atoms with Crippen LogP contribution in [0.3, 0.4) is 0 Å². The fourth-order valence-electron chi connectivity index (χ4n) is 3.71. The molecule has 23 heteroatoms. The van der Waals surface area contributed by atoms with Gasteiger partial charge in [-0.05, 0) is 19.1 Å². The SMILES string of the molecule is C[C@H]1O[C@@H](n2cc3c4c(ncnc42)Nc2cc(C#N)ccc2-3)[C@H](O)[C@@H]1O.O=P(O)(O)O.O=P(O)(O)O.O=P(O)(O)O. The van der Waals surface area contributed by atoms with Gasteiger partial charge in [0.1, 0.15) is 30.0 Å². The lowest BCUT2D eigenvalue weighted by Crippen LogP contribution is -2.30. The van der Waals surface area contributed by atoms with Crippen LogP contribution in [0.4, 0.5) is 11.5 Å². The first-order chi connectivity index (χ1) is 18.6. The minimum absolute atomic E-state index is 0.481. The van der Waals surface area contributed by atoms with Gasteiger partial charge in [-0.25, -0.2) is 23.7 Å². The largest absolute Gasteiger partial charge is 0.466 e. The lowest BCUT2D eigenvalue weighted by atomic mass is 9.99. The Morgan fingerprint density at radius 1 is 0.902 bits per heavy atom. The van der Waals surface area contributed by atoms with E-state index in [2.05, 4.69) is 21.4 Å². The molecule has 2 aliphatic rings. The number of fused-ring (bicyclic) bond motifs is 2. The normalized spacial score (nSPS) is 21.0. The smallest absolute Gasteiger partial charge is 0.388 e. The lowest BCUT2D eigenvalue weighted by molar-refractivity contribution is -0.0295. The predicted molar refractivity (Wildman–Crippen MR) is 135 cm³/mol. The summed E-state index contributed by atoms with van der Waals surface area (Å²) < 4.78 is 34.1. The molecule has 2 aliphatic heterocycles. The molecule has 3 aromatic rings. The average Bonchev–Trinajstić information content (AvgIpc) is 3.30. The van der Waals surface area contributed by atoms with Crippen LogP contribution in [0.1, 0.15) is 18.7 Å². The molecule has 41 heavy (non-hydrogen) atoms. The lowest BCUT2D eigenvalue weighted by Gasteiger charge is -2.18. The maximum atomic E-state index is 10.4. The molecule has 0 aliphatic carbocycles. The molecule has 0 saturated carbocycles. The topological polar surface area (TPSA) is 350 Å². The number of hydrogen-bond acceptors (Lipinski definition) is 10. The molecule has 2 aromatic heterocycles. The molecule has 0 spiro atoms. The van der Waals surface area contributed by atoms with Crippen LogP contribution in [0.5, 0.6) is 0 Å². The van der Waals surface area contributed by atoms with Crippen LogP contribution in [0, 0.1) is 11.3 Å². The molecule has 0 bridgehead atoms. The third-order valence-electron chi connectivity index (χ3n) is 5.05. The Bertz CT molecular complexity index is 1500. The first-order valence-corrected chi connectivity index (χ1v) is 15.3. The minimum Gasteiger partial charge on any atom is -0.388 e. The number of aliphatic hydroxyl groups excluding tert-OH is 2. The second-order valence-electron chi connectivity index (χ2n) is 8.12. The number of nitrogens with zero attached hydrogens (tertiary/aromatic N) is 4. The van der Waals surface area contributed by atoms with E-state index in [-0.39, 0.29) is 0 Å². The maximum absolute atomic E-state index is 10.4. The Hall–Kier alpha value is -2.66. The quantitative estimate of drug-likeness (QED) is 0.109. The van der Waals surface area contributed by atoms with Crippen molar-refractivity contribution in [2.45, 2.75) is 31.5 Å². The predicted octanol–water partition coefficient (Wildman–Crippen LogP) is -1.12. The van der Waals surface area contributed by atoms with Crippen molar-refractivity contribution in [2.75, 3.05) is 5.32 Å². The van der Waals surface area contributed by atoms with Crippen molar-refractivity contribution >= 4 is 46.0 Å². The van der Waals surface area contributed by atoms with Crippen LogP contribution in [0.25, 0.3) is 22.2 Å². The van der Waals surface area contributed by atoms with Gasteiger partial charge < -0.3 is 68.9 Å². The van der Waals surface area contributed by atoms with E-state index < -0.39 is 48.0 Å². The fraction of sp³-hybridized carbons (Fsp3) is 0.278. The maximum Gasteiger partial charge on any atom is 0.466 e. The third kappa shape index (κ3) is 10.6. The molecule has 20 nitrogen and oxygen atoms in total. The van der Waals surface area contributed by atoms with Crippen molar-refractivity contribution < 1.29 is 72.7 Å². The van der Waals surface area contributed by atoms with Crippen LogP contribution in [0.15, 0.2) is 30.7 Å². The van der Waals surface area contributed by atoms with Gasteiger partial charge in [0.15, 0.2) is 6.23 Å². The van der Waals surface area contributed by atoms with Crippen molar-refractivity contribution in [3.8, 4) is 17.2 Å². The van der Waals surface area contributed by atoms with E-state index in [0.29, 0.717) is 17.0 Å². The summed E-state index contributed by atoms with van der Waals surface area (Å²) in [5, 5.41) is 33.6. The Labute approximate surface area is 229 Å². The van der Waals surface area contributed by atoms with Gasteiger partial charge in [0, 0.05) is 23.0 Å². The molecule has 226 valence electrons. The molecule has 1 aromatic carbocycles. The Kier molecular flexibility index (Phi) is 11.0. The number of nitrogens with one attached hydrogen (secondary N) is 1. The van der Waals surface area contributed by atoms with Gasteiger partial charge in [-0.2, -0.15) is 5.26 Å². The van der Waals surface area contributed by atoms with Crippen LogP contribution < -0.4 is 5.32 Å². The zero-order chi connectivity index (χ0) is 31.5. The number of benzene rings is 1. The molecule has 4 atom stereocenters. The molecular weight excluding hydrogens is 619 g/mol. The number of rotatable bonds is 1. The molecule has 0 radical (unpaired) electrons. The Morgan fingerprint density at radius 2 is 1.44 bits per heavy atom. The van der Waals surface area contributed by atoms with E-state index in [4.69, 9.17) is 67.7 Å². The van der Waals surface area contributed by atoms with E-state index in [1.54, 1.807) is 23.6 Å². The van der Waals surface area contributed by atoms with Gasteiger partial charge in [0.2, 0.25) is 0 Å². The highest BCUT2D eigenvalue weighted by molar-refractivity contribution is 7.45. The number of aliphatic hydroxyl groups is 2. The molecular formula is C18H24N5O15P3. The van der Waals surface area contributed by atoms with Crippen LogP contribution in [0.2, 0.25) is 0 Å². The summed E-state index contributed by atoms with van der Waals surface area (Å²) in [5.41, 5.74) is 3.75. The molecule has 1 fully saturated rings. The van der Waals surface area contributed by atoms with E-state index >= 15 is 0 Å². The van der Waals surface area contributed by atoms with Crippen molar-refractivity contribution in [1.29, 1.82) is 5.26 Å². The first-order valence-electron chi connectivity index (χ1n) is 10.6. The monoisotopic (exact) mass is 643 g/mol. The molecule has 0 unspecified atom stereocenters. The van der Waals surface area contributed by atoms with Crippen LogP contribution >= 0.6 is 23.5 Å². The van der Waals surface area contributed by atoms with Gasteiger partial charge >= 0.3 is 23.5 Å². The summed E-state index contributed by atoms with van der Waals surface area (Å²) in [6.45, 7) is 1.72. The van der Waals surface area contributed by atoms with E-state index in [9.17, 15) is 10.2 Å². The van der Waals surface area contributed by atoms with Crippen molar-refractivity contribution in [3.05, 3.63) is 36.3 Å². The van der Waals surface area contributed by atoms with Crippen LogP contribution in [-0.2, 0) is 18.4 Å². The third-order valence-corrected chi connectivity index (χ3v) is 5.05.